The summed E-state index contributed by atoms with van der Waals surface area (Å²) in [5, 5.41) is 4.30. The van der Waals surface area contributed by atoms with E-state index >= 15 is 0 Å². The third kappa shape index (κ3) is 2.58. The van der Waals surface area contributed by atoms with Crippen LogP contribution >= 0.6 is 0 Å². The Morgan fingerprint density at radius 3 is 3.00 bits per heavy atom. The Balaban J connectivity index is 1.51. The summed E-state index contributed by atoms with van der Waals surface area (Å²) < 4.78 is 1.66. The van der Waals surface area contributed by atoms with Crippen molar-refractivity contribution in [3.63, 3.8) is 0 Å². The maximum atomic E-state index is 13.3. The highest BCUT2D eigenvalue weighted by molar-refractivity contribution is 6.00. The molecule has 0 spiro atoms. The van der Waals surface area contributed by atoms with Crippen LogP contribution in [0.1, 0.15) is 46.2 Å². The summed E-state index contributed by atoms with van der Waals surface area (Å²) >= 11 is 0. The molecule has 0 saturated carbocycles. The average molecular weight is 360 g/mol. The number of rotatable bonds is 2. The van der Waals surface area contributed by atoms with E-state index in [9.17, 15) is 4.79 Å². The molecule has 1 N–H and O–H groups in total. The number of nitrogens with zero attached hydrogens (tertiary/aromatic N) is 5. The Bertz CT molecular complexity index is 1170. The molecule has 1 amide bonds. The zero-order valence-electron chi connectivity index (χ0n) is 15.3. The number of carbonyl (C=O) groups is 1. The fourth-order valence-corrected chi connectivity index (χ4v) is 3.87. The minimum Gasteiger partial charge on any atom is -0.340 e. The predicted molar refractivity (Wildman–Crippen MR) is 102 cm³/mol. The number of imidazole rings is 1. The van der Waals surface area contributed by atoms with Crippen LogP contribution < -0.4 is 0 Å². The minimum atomic E-state index is -0.0504. The molecule has 1 atom stereocenters. The lowest BCUT2D eigenvalue weighted by Crippen LogP contribution is -2.31. The number of nitrogens with one attached hydrogen (secondary N) is 1. The number of aromatic amines is 1. The van der Waals surface area contributed by atoms with Crippen molar-refractivity contribution >= 4 is 22.6 Å². The van der Waals surface area contributed by atoms with Crippen LogP contribution in [0.3, 0.4) is 0 Å². The van der Waals surface area contributed by atoms with E-state index in [1.807, 2.05) is 24.1 Å². The van der Waals surface area contributed by atoms with Crippen LogP contribution in [-0.2, 0) is 0 Å². The Kier molecular flexibility index (Phi) is 3.50. The molecule has 4 heterocycles. The molecule has 3 aromatic heterocycles. The van der Waals surface area contributed by atoms with Crippen LogP contribution in [0.25, 0.3) is 16.7 Å². The van der Waals surface area contributed by atoms with E-state index in [-0.39, 0.29) is 11.9 Å². The normalized spacial score (nSPS) is 17.3. The van der Waals surface area contributed by atoms with E-state index in [0.717, 1.165) is 35.3 Å². The van der Waals surface area contributed by atoms with E-state index in [0.29, 0.717) is 17.8 Å². The second-order valence-corrected chi connectivity index (χ2v) is 7.26. The first-order valence-corrected chi connectivity index (χ1v) is 9.17. The van der Waals surface area contributed by atoms with Crippen LogP contribution in [0.5, 0.6) is 0 Å². The predicted octanol–water partition coefficient (Wildman–Crippen LogP) is 3.20. The lowest BCUT2D eigenvalue weighted by atomic mass is 10.2. The summed E-state index contributed by atoms with van der Waals surface area (Å²) in [6.07, 6.45) is 7.11. The summed E-state index contributed by atoms with van der Waals surface area (Å²) in [6.45, 7) is 4.73. The molecule has 5 rings (SSSR count). The molecule has 4 aromatic rings. The SMILES string of the molecule is Cc1ccc2nc(C3CCCN3C(=O)c3cnn4cc(C)cnc34)[nH]c2c1. The van der Waals surface area contributed by atoms with E-state index in [4.69, 9.17) is 4.98 Å². The van der Waals surface area contributed by atoms with E-state index in [2.05, 4.69) is 34.1 Å². The molecular formula is C20H20N6O. The highest BCUT2D eigenvalue weighted by Gasteiger charge is 2.34. The smallest absolute Gasteiger partial charge is 0.259 e. The largest absolute Gasteiger partial charge is 0.340 e. The lowest BCUT2D eigenvalue weighted by Gasteiger charge is -2.22. The molecule has 7 heteroatoms. The highest BCUT2D eigenvalue weighted by Crippen LogP contribution is 2.33. The molecular weight excluding hydrogens is 340 g/mol. The van der Waals surface area contributed by atoms with Gasteiger partial charge in [-0.25, -0.2) is 14.5 Å². The number of carbonyl (C=O) groups excluding carboxylic acids is 1. The van der Waals surface area contributed by atoms with Gasteiger partial charge in [0.15, 0.2) is 5.65 Å². The topological polar surface area (TPSA) is 79.2 Å². The molecule has 1 saturated heterocycles. The third-order valence-corrected chi connectivity index (χ3v) is 5.20. The molecule has 0 aliphatic carbocycles. The van der Waals surface area contributed by atoms with Gasteiger partial charge in [0.25, 0.3) is 5.91 Å². The summed E-state index contributed by atoms with van der Waals surface area (Å²) in [5.41, 5.74) is 5.26. The molecule has 1 aromatic carbocycles. The van der Waals surface area contributed by atoms with Gasteiger partial charge >= 0.3 is 0 Å². The summed E-state index contributed by atoms with van der Waals surface area (Å²) in [5.74, 6) is 0.808. The maximum Gasteiger partial charge on any atom is 0.259 e. The van der Waals surface area contributed by atoms with Gasteiger partial charge in [-0.2, -0.15) is 5.10 Å². The van der Waals surface area contributed by atoms with Gasteiger partial charge in [-0.15, -0.1) is 0 Å². The van der Waals surface area contributed by atoms with Crippen LogP contribution in [0, 0.1) is 13.8 Å². The number of aryl methyl sites for hydroxylation is 2. The van der Waals surface area contributed by atoms with Gasteiger partial charge in [-0.1, -0.05) is 6.07 Å². The quantitative estimate of drug-likeness (QED) is 0.595. The van der Waals surface area contributed by atoms with Crippen molar-refractivity contribution in [2.24, 2.45) is 0 Å². The molecule has 1 aliphatic rings. The number of hydrogen-bond acceptors (Lipinski definition) is 4. The van der Waals surface area contributed by atoms with E-state index in [1.165, 1.54) is 5.56 Å². The molecule has 1 fully saturated rings. The third-order valence-electron chi connectivity index (χ3n) is 5.20. The Morgan fingerprint density at radius 1 is 1.22 bits per heavy atom. The van der Waals surface area contributed by atoms with Crippen molar-refractivity contribution in [2.75, 3.05) is 6.54 Å². The average Bonchev–Trinajstić information content (AvgIpc) is 3.37. The van der Waals surface area contributed by atoms with E-state index < -0.39 is 0 Å². The molecule has 0 radical (unpaired) electrons. The van der Waals surface area contributed by atoms with E-state index in [1.54, 1.807) is 16.9 Å². The van der Waals surface area contributed by atoms with Crippen molar-refractivity contribution in [3.05, 3.63) is 59.3 Å². The lowest BCUT2D eigenvalue weighted by molar-refractivity contribution is 0.0732. The van der Waals surface area contributed by atoms with Gasteiger partial charge in [0.1, 0.15) is 11.4 Å². The number of amides is 1. The number of fused-ring (bicyclic) bond motifs is 2. The van der Waals surface area contributed by atoms with Crippen molar-refractivity contribution in [2.45, 2.75) is 32.7 Å². The van der Waals surface area contributed by atoms with Gasteiger partial charge < -0.3 is 9.88 Å². The number of benzene rings is 1. The Morgan fingerprint density at radius 2 is 2.11 bits per heavy atom. The Hall–Kier alpha value is -3.22. The summed E-state index contributed by atoms with van der Waals surface area (Å²) in [7, 11) is 0. The van der Waals surface area contributed by atoms with Crippen molar-refractivity contribution in [1.29, 1.82) is 0 Å². The number of H-pyrrole nitrogens is 1. The molecule has 7 nitrogen and oxygen atoms in total. The zero-order chi connectivity index (χ0) is 18.5. The fraction of sp³-hybridized carbons (Fsp3) is 0.300. The van der Waals surface area contributed by atoms with Crippen LogP contribution in [0.2, 0.25) is 0 Å². The number of likely N-dealkylation sites (tertiary alicyclic amines) is 1. The maximum absolute atomic E-state index is 13.3. The van der Waals surface area contributed by atoms with Gasteiger partial charge in [0, 0.05) is 18.9 Å². The van der Waals surface area contributed by atoms with Crippen molar-refractivity contribution < 1.29 is 4.79 Å². The van der Waals surface area contributed by atoms with Gasteiger partial charge in [0.2, 0.25) is 0 Å². The molecule has 27 heavy (non-hydrogen) atoms. The first kappa shape index (κ1) is 16.0. The summed E-state index contributed by atoms with van der Waals surface area (Å²) in [6, 6.07) is 6.11. The number of aromatic nitrogens is 5. The first-order chi connectivity index (χ1) is 13.1. The minimum absolute atomic E-state index is 0.0412. The summed E-state index contributed by atoms with van der Waals surface area (Å²) in [4.78, 5) is 27.7. The van der Waals surface area contributed by atoms with Crippen LogP contribution in [0.15, 0.2) is 36.8 Å². The highest BCUT2D eigenvalue weighted by atomic mass is 16.2. The molecule has 0 bridgehead atoms. The van der Waals surface area contributed by atoms with Crippen molar-refractivity contribution in [3.8, 4) is 0 Å². The second-order valence-electron chi connectivity index (χ2n) is 7.26. The Labute approximate surface area is 156 Å². The van der Waals surface area contributed by atoms with Crippen LogP contribution in [-0.4, -0.2) is 41.9 Å². The molecule has 1 unspecified atom stereocenters. The standard InChI is InChI=1S/C20H20N6O/c1-12-5-6-15-16(8-12)24-18(23-15)17-4-3-7-25(17)20(27)14-10-22-26-11-13(2)9-21-19(14)26/h5-6,8-11,17H,3-4,7H2,1-2H3,(H,23,24). The van der Waals surface area contributed by atoms with Crippen LogP contribution in [0.4, 0.5) is 0 Å². The van der Waals surface area contributed by atoms with Crippen molar-refractivity contribution in [1.82, 2.24) is 29.5 Å². The molecule has 136 valence electrons. The number of hydrogen-bond donors (Lipinski definition) is 1. The fourth-order valence-electron chi connectivity index (χ4n) is 3.87. The zero-order valence-corrected chi connectivity index (χ0v) is 15.3. The van der Waals surface area contributed by atoms with Gasteiger partial charge in [-0.3, -0.25) is 4.79 Å². The second kappa shape index (κ2) is 5.90. The van der Waals surface area contributed by atoms with Gasteiger partial charge in [0.05, 0.1) is 23.3 Å². The monoisotopic (exact) mass is 360 g/mol. The van der Waals surface area contributed by atoms with Gasteiger partial charge in [-0.05, 0) is 49.9 Å². The molecule has 1 aliphatic heterocycles. The first-order valence-electron chi connectivity index (χ1n) is 9.17.